The second-order valence-corrected chi connectivity index (χ2v) is 1.78. The zero-order valence-corrected chi connectivity index (χ0v) is 4.18. The minimum Gasteiger partial charge on any atom is -0.367 e. The van der Waals surface area contributed by atoms with E-state index in [9.17, 15) is 0 Å². The molecule has 0 aromatic heterocycles. The molecule has 0 aliphatic heterocycles. The number of halogens is 1. The van der Waals surface area contributed by atoms with Gasteiger partial charge in [0.05, 0.1) is 5.38 Å². The molecule has 0 aliphatic carbocycles. The molecule has 1 atom stereocenters. The summed E-state index contributed by atoms with van der Waals surface area (Å²) >= 11 is 5.11. The first-order chi connectivity index (χ1) is 2.64. The van der Waals surface area contributed by atoms with Crippen molar-refractivity contribution in [3.8, 4) is 0 Å². The van der Waals surface area contributed by atoms with Crippen LogP contribution < -0.4 is 0 Å². The Morgan fingerprint density at radius 2 is 1.67 bits per heavy atom. The first kappa shape index (κ1) is 6.21. The molecule has 0 saturated carbocycles. The molecular weight excluding hydrogens is 103 g/mol. The summed E-state index contributed by atoms with van der Waals surface area (Å²) in [7, 11) is 0. The van der Waals surface area contributed by atoms with E-state index in [0.717, 1.165) is 0 Å². The molecule has 2 N–H and O–H groups in total. The Kier molecular flexibility index (Phi) is 2.48. The maximum absolute atomic E-state index is 8.05. The minimum atomic E-state index is -1.38. The largest absolute Gasteiger partial charge is 0.367 e. The lowest BCUT2D eigenvalue weighted by molar-refractivity contribution is -0.0382. The molecule has 3 heteroatoms. The predicted molar refractivity (Wildman–Crippen MR) is 23.5 cm³/mol. The Labute approximate surface area is 41.4 Å². The van der Waals surface area contributed by atoms with Crippen LogP contribution in [0.1, 0.15) is 6.92 Å². The fraction of sp³-hybridized carbons (Fsp3) is 1.00. The molecule has 0 aromatic rings. The van der Waals surface area contributed by atoms with Crippen molar-refractivity contribution >= 4 is 11.6 Å². The van der Waals surface area contributed by atoms with Gasteiger partial charge in [0.2, 0.25) is 0 Å². The maximum Gasteiger partial charge on any atom is 0.167 e. The lowest BCUT2D eigenvalue weighted by atomic mass is 10.5. The second-order valence-electron chi connectivity index (χ2n) is 1.09. The quantitative estimate of drug-likeness (QED) is 0.366. The fourth-order valence-electron chi connectivity index (χ4n) is 0. The zero-order chi connectivity index (χ0) is 5.15. The highest BCUT2D eigenvalue weighted by molar-refractivity contribution is 6.20. The van der Waals surface area contributed by atoms with E-state index in [4.69, 9.17) is 21.8 Å². The van der Waals surface area contributed by atoms with Gasteiger partial charge in [0.1, 0.15) is 0 Å². The molecule has 0 rings (SSSR count). The smallest absolute Gasteiger partial charge is 0.167 e. The molecular formula is C3H7ClO2. The van der Waals surface area contributed by atoms with E-state index >= 15 is 0 Å². The monoisotopic (exact) mass is 110 g/mol. The molecule has 0 heterocycles. The van der Waals surface area contributed by atoms with Crippen LogP contribution in [0.4, 0.5) is 0 Å². The van der Waals surface area contributed by atoms with Crippen molar-refractivity contribution in [1.82, 2.24) is 0 Å². The van der Waals surface area contributed by atoms with Gasteiger partial charge in [0, 0.05) is 0 Å². The number of rotatable bonds is 1. The van der Waals surface area contributed by atoms with Gasteiger partial charge in [0.15, 0.2) is 6.29 Å². The number of aliphatic hydroxyl groups is 2. The molecule has 0 amide bonds. The molecule has 0 fully saturated rings. The third-order valence-electron chi connectivity index (χ3n) is 0.411. The summed E-state index contributed by atoms with van der Waals surface area (Å²) in [6, 6.07) is 0. The lowest BCUT2D eigenvalue weighted by Crippen LogP contribution is -2.15. The average Bonchev–Trinajstić information content (AvgIpc) is 1.36. The standard InChI is InChI=1S/C3H7ClO2/c1-2(4)3(5)6/h2-3,5-6H,1H3/t2-/m1/s1. The van der Waals surface area contributed by atoms with Crippen LogP contribution in [0.3, 0.4) is 0 Å². The third kappa shape index (κ3) is 2.45. The maximum atomic E-state index is 8.05. The van der Waals surface area contributed by atoms with Crippen molar-refractivity contribution in [3.63, 3.8) is 0 Å². The molecule has 38 valence electrons. The van der Waals surface area contributed by atoms with E-state index < -0.39 is 11.7 Å². The van der Waals surface area contributed by atoms with Crippen molar-refractivity contribution in [3.05, 3.63) is 0 Å². The molecule has 2 nitrogen and oxygen atoms in total. The topological polar surface area (TPSA) is 40.5 Å². The third-order valence-corrected chi connectivity index (χ3v) is 0.636. The van der Waals surface area contributed by atoms with Crippen molar-refractivity contribution < 1.29 is 10.2 Å². The van der Waals surface area contributed by atoms with Crippen LogP contribution in [0.5, 0.6) is 0 Å². The van der Waals surface area contributed by atoms with Crippen LogP contribution >= 0.6 is 11.6 Å². The van der Waals surface area contributed by atoms with Crippen LogP contribution in [0.25, 0.3) is 0 Å². The van der Waals surface area contributed by atoms with Gasteiger partial charge in [-0.15, -0.1) is 11.6 Å². The summed E-state index contributed by atoms with van der Waals surface area (Å²) in [6.45, 7) is 1.51. The molecule has 0 aromatic carbocycles. The predicted octanol–water partition coefficient (Wildman–Crippen LogP) is -0.0756. The van der Waals surface area contributed by atoms with E-state index in [0.29, 0.717) is 0 Å². The van der Waals surface area contributed by atoms with Gasteiger partial charge in [-0.2, -0.15) is 0 Å². The summed E-state index contributed by atoms with van der Waals surface area (Å²) in [5.41, 5.74) is 0. The van der Waals surface area contributed by atoms with Crippen molar-refractivity contribution in [2.45, 2.75) is 18.6 Å². The van der Waals surface area contributed by atoms with Crippen molar-refractivity contribution in [1.29, 1.82) is 0 Å². The summed E-state index contributed by atoms with van der Waals surface area (Å²) in [6.07, 6.45) is -1.38. The van der Waals surface area contributed by atoms with Gasteiger partial charge in [0.25, 0.3) is 0 Å². The van der Waals surface area contributed by atoms with Crippen LogP contribution in [-0.2, 0) is 0 Å². The van der Waals surface area contributed by atoms with E-state index in [1.165, 1.54) is 6.92 Å². The SMILES string of the molecule is C[C@@H](Cl)C(O)O. The van der Waals surface area contributed by atoms with Crippen LogP contribution in [0.15, 0.2) is 0 Å². The highest BCUT2D eigenvalue weighted by atomic mass is 35.5. The molecule has 0 unspecified atom stereocenters. The molecule has 0 radical (unpaired) electrons. The van der Waals surface area contributed by atoms with E-state index in [2.05, 4.69) is 0 Å². The lowest BCUT2D eigenvalue weighted by Gasteiger charge is -2.01. The van der Waals surface area contributed by atoms with Gasteiger partial charge in [-0.1, -0.05) is 0 Å². The average molecular weight is 111 g/mol. The van der Waals surface area contributed by atoms with E-state index in [1.54, 1.807) is 0 Å². The first-order valence-electron chi connectivity index (χ1n) is 1.65. The Bertz CT molecular complexity index is 29.8. The summed E-state index contributed by atoms with van der Waals surface area (Å²) in [5, 5.41) is 15.5. The van der Waals surface area contributed by atoms with Crippen LogP contribution in [0, 0.1) is 0 Å². The summed E-state index contributed by atoms with van der Waals surface area (Å²) in [5.74, 6) is 0. The van der Waals surface area contributed by atoms with E-state index in [-0.39, 0.29) is 0 Å². The number of hydrogen-bond acceptors (Lipinski definition) is 2. The van der Waals surface area contributed by atoms with Gasteiger partial charge < -0.3 is 10.2 Å². The highest BCUT2D eigenvalue weighted by Gasteiger charge is 2.02. The minimum absolute atomic E-state index is 0.565. The molecule has 6 heavy (non-hydrogen) atoms. The van der Waals surface area contributed by atoms with Crippen molar-refractivity contribution in [2.75, 3.05) is 0 Å². The number of alkyl halides is 1. The summed E-state index contributed by atoms with van der Waals surface area (Å²) < 4.78 is 0. The molecule has 0 spiro atoms. The Hall–Kier alpha value is 0.210. The van der Waals surface area contributed by atoms with Crippen molar-refractivity contribution in [2.24, 2.45) is 0 Å². The van der Waals surface area contributed by atoms with Gasteiger partial charge in [-0.3, -0.25) is 0 Å². The van der Waals surface area contributed by atoms with Crippen LogP contribution in [-0.4, -0.2) is 21.9 Å². The Morgan fingerprint density at radius 1 is 1.50 bits per heavy atom. The Balaban J connectivity index is 2.99. The van der Waals surface area contributed by atoms with Gasteiger partial charge in [-0.25, -0.2) is 0 Å². The first-order valence-corrected chi connectivity index (χ1v) is 2.08. The van der Waals surface area contributed by atoms with Gasteiger partial charge >= 0.3 is 0 Å². The van der Waals surface area contributed by atoms with Crippen LogP contribution in [0.2, 0.25) is 0 Å². The number of hydrogen-bond donors (Lipinski definition) is 2. The molecule has 0 saturated heterocycles. The number of aliphatic hydroxyl groups excluding tert-OH is 1. The van der Waals surface area contributed by atoms with E-state index in [1.807, 2.05) is 0 Å². The fourth-order valence-corrected chi connectivity index (χ4v) is 0. The van der Waals surface area contributed by atoms with Gasteiger partial charge in [-0.05, 0) is 6.92 Å². The second kappa shape index (κ2) is 2.39. The Morgan fingerprint density at radius 3 is 1.67 bits per heavy atom. The highest BCUT2D eigenvalue weighted by Crippen LogP contribution is 1.95. The summed E-state index contributed by atoms with van der Waals surface area (Å²) in [4.78, 5) is 0. The molecule has 0 aliphatic rings. The zero-order valence-electron chi connectivity index (χ0n) is 3.43. The normalized spacial score (nSPS) is 15.5. The molecule has 0 bridgehead atoms.